The van der Waals surface area contributed by atoms with E-state index in [1.807, 2.05) is 11.6 Å². The fraction of sp³-hybridized carbons (Fsp3) is 0.810. The third-order valence-corrected chi connectivity index (χ3v) is 6.07. The van der Waals surface area contributed by atoms with E-state index in [1.165, 1.54) is 32.4 Å². The van der Waals surface area contributed by atoms with Crippen LogP contribution in [0.1, 0.15) is 75.7 Å². The maximum Gasteiger partial charge on any atom is 0.247 e. The second-order valence-corrected chi connectivity index (χ2v) is 8.19. The van der Waals surface area contributed by atoms with Gasteiger partial charge in [-0.1, -0.05) is 13.3 Å². The summed E-state index contributed by atoms with van der Waals surface area (Å²) in [4.78, 5) is 18.3. The van der Waals surface area contributed by atoms with Crippen molar-refractivity contribution in [2.75, 3.05) is 26.2 Å². The Balaban J connectivity index is 1.71. The van der Waals surface area contributed by atoms with E-state index < -0.39 is 0 Å². The third-order valence-electron chi connectivity index (χ3n) is 6.07. The summed E-state index contributed by atoms with van der Waals surface area (Å²) >= 11 is 0. The van der Waals surface area contributed by atoms with Crippen LogP contribution in [0.3, 0.4) is 0 Å². The molecule has 0 saturated carbocycles. The molecule has 2 atom stereocenters. The van der Waals surface area contributed by atoms with Crippen molar-refractivity contribution in [1.82, 2.24) is 19.6 Å². The maximum atomic E-state index is 13.5. The number of aryl methyl sites for hydroxylation is 2. The van der Waals surface area contributed by atoms with Gasteiger partial charge in [-0.3, -0.25) is 9.48 Å². The highest BCUT2D eigenvalue weighted by Gasteiger charge is 2.33. The quantitative estimate of drug-likeness (QED) is 0.744. The summed E-state index contributed by atoms with van der Waals surface area (Å²) < 4.78 is 1.98. The first kappa shape index (κ1) is 19.4. The molecule has 2 aliphatic heterocycles. The van der Waals surface area contributed by atoms with Gasteiger partial charge in [-0.25, -0.2) is 0 Å². The summed E-state index contributed by atoms with van der Waals surface area (Å²) in [6, 6.07) is 2.35. The van der Waals surface area contributed by atoms with Crippen LogP contribution in [0, 0.1) is 13.8 Å². The van der Waals surface area contributed by atoms with Gasteiger partial charge < -0.3 is 9.80 Å². The van der Waals surface area contributed by atoms with E-state index in [0.29, 0.717) is 11.9 Å². The van der Waals surface area contributed by atoms with Crippen LogP contribution in [0.25, 0.3) is 0 Å². The van der Waals surface area contributed by atoms with E-state index in [2.05, 4.69) is 34.8 Å². The van der Waals surface area contributed by atoms with Gasteiger partial charge in [0.1, 0.15) is 6.04 Å². The fourth-order valence-electron chi connectivity index (χ4n) is 4.71. The normalized spacial score (nSPS) is 22.7. The summed E-state index contributed by atoms with van der Waals surface area (Å²) in [7, 11) is 0. The number of carbonyl (C=O) groups excluding carboxylic acids is 1. The molecule has 146 valence electrons. The number of piperidine rings is 1. The predicted molar refractivity (Wildman–Crippen MR) is 105 cm³/mol. The molecule has 3 rings (SSSR count). The van der Waals surface area contributed by atoms with Gasteiger partial charge in [0.25, 0.3) is 0 Å². The Kier molecular flexibility index (Phi) is 6.74. The largest absolute Gasteiger partial charge is 0.338 e. The van der Waals surface area contributed by atoms with Gasteiger partial charge in [0, 0.05) is 24.8 Å². The van der Waals surface area contributed by atoms with Crippen LogP contribution >= 0.6 is 0 Å². The first-order valence-electron chi connectivity index (χ1n) is 10.7. The SMILES string of the molecule is CCC[C@H](C(=O)N1CCCC[C@@H]1CCN1CCCC1)n1nc(C)cc1C. The standard InChI is InChI=1S/C21H36N4O/c1-4-9-20(25-18(3)16-17(2)22-25)21(26)24-14-6-5-10-19(24)11-15-23-12-7-8-13-23/h16,19-20H,4-15H2,1-3H3/t19-,20-/m1/s1. The molecule has 2 saturated heterocycles. The number of hydrogen-bond donors (Lipinski definition) is 0. The van der Waals surface area contributed by atoms with Gasteiger partial charge in [0.15, 0.2) is 0 Å². The Morgan fingerprint density at radius 3 is 2.58 bits per heavy atom. The zero-order valence-corrected chi connectivity index (χ0v) is 16.9. The molecule has 0 aliphatic carbocycles. The zero-order valence-electron chi connectivity index (χ0n) is 16.9. The van der Waals surface area contributed by atoms with Crippen molar-refractivity contribution in [2.45, 2.75) is 84.2 Å². The molecule has 2 aliphatic rings. The summed E-state index contributed by atoms with van der Waals surface area (Å²) in [5.74, 6) is 0.296. The highest BCUT2D eigenvalue weighted by Crippen LogP contribution is 2.27. The predicted octanol–water partition coefficient (Wildman–Crippen LogP) is 3.71. The van der Waals surface area contributed by atoms with E-state index >= 15 is 0 Å². The van der Waals surface area contributed by atoms with Crippen molar-refractivity contribution in [3.8, 4) is 0 Å². The smallest absolute Gasteiger partial charge is 0.247 e. The highest BCUT2D eigenvalue weighted by molar-refractivity contribution is 5.81. The second-order valence-electron chi connectivity index (χ2n) is 8.19. The maximum absolute atomic E-state index is 13.5. The van der Waals surface area contributed by atoms with Gasteiger partial charge in [0.2, 0.25) is 5.91 Å². The lowest BCUT2D eigenvalue weighted by Crippen LogP contribution is -2.48. The van der Waals surface area contributed by atoms with E-state index in [-0.39, 0.29) is 6.04 Å². The molecule has 3 heterocycles. The van der Waals surface area contributed by atoms with Gasteiger partial charge in [-0.05, 0) is 77.9 Å². The van der Waals surface area contributed by atoms with Gasteiger partial charge in [0.05, 0.1) is 5.69 Å². The van der Waals surface area contributed by atoms with Crippen LogP contribution < -0.4 is 0 Å². The van der Waals surface area contributed by atoms with Crippen molar-refractivity contribution < 1.29 is 4.79 Å². The molecule has 5 nitrogen and oxygen atoms in total. The van der Waals surface area contributed by atoms with Crippen LogP contribution in [-0.4, -0.2) is 57.7 Å². The van der Waals surface area contributed by atoms with Gasteiger partial charge in [-0.15, -0.1) is 0 Å². The van der Waals surface area contributed by atoms with Crippen LogP contribution in [0.4, 0.5) is 0 Å². The van der Waals surface area contributed by atoms with Gasteiger partial charge >= 0.3 is 0 Å². The lowest BCUT2D eigenvalue weighted by Gasteiger charge is -2.38. The van der Waals surface area contributed by atoms with E-state index in [4.69, 9.17) is 0 Å². The van der Waals surface area contributed by atoms with Crippen molar-refractivity contribution in [1.29, 1.82) is 0 Å². The number of aromatic nitrogens is 2. The molecule has 1 aromatic rings. The summed E-state index contributed by atoms with van der Waals surface area (Å²) in [5.41, 5.74) is 2.10. The van der Waals surface area contributed by atoms with Crippen molar-refractivity contribution in [3.05, 3.63) is 17.5 Å². The molecule has 0 N–H and O–H groups in total. The lowest BCUT2D eigenvalue weighted by atomic mass is 9.97. The molecule has 1 aromatic heterocycles. The summed E-state index contributed by atoms with van der Waals surface area (Å²) in [5, 5.41) is 4.64. The minimum absolute atomic E-state index is 0.138. The molecule has 0 aromatic carbocycles. The molecular weight excluding hydrogens is 324 g/mol. The molecule has 0 bridgehead atoms. The van der Waals surface area contributed by atoms with Crippen molar-refractivity contribution in [3.63, 3.8) is 0 Å². The van der Waals surface area contributed by atoms with Crippen molar-refractivity contribution in [2.24, 2.45) is 0 Å². The van der Waals surface area contributed by atoms with E-state index in [1.54, 1.807) is 0 Å². The average Bonchev–Trinajstić information content (AvgIpc) is 3.27. The number of carbonyl (C=O) groups is 1. The Morgan fingerprint density at radius 2 is 1.92 bits per heavy atom. The minimum Gasteiger partial charge on any atom is -0.338 e. The molecular formula is C21H36N4O. The lowest BCUT2D eigenvalue weighted by molar-refractivity contribution is -0.139. The molecule has 0 spiro atoms. The second kappa shape index (κ2) is 9.03. The third kappa shape index (κ3) is 4.48. The van der Waals surface area contributed by atoms with Crippen LogP contribution in [0.15, 0.2) is 6.07 Å². The Hall–Kier alpha value is -1.36. The fourth-order valence-corrected chi connectivity index (χ4v) is 4.71. The number of amides is 1. The van der Waals surface area contributed by atoms with Crippen LogP contribution in [0.2, 0.25) is 0 Å². The zero-order chi connectivity index (χ0) is 18.5. The number of rotatable bonds is 7. The highest BCUT2D eigenvalue weighted by atomic mass is 16.2. The Morgan fingerprint density at radius 1 is 1.19 bits per heavy atom. The van der Waals surface area contributed by atoms with E-state index in [9.17, 15) is 4.79 Å². The molecule has 0 unspecified atom stereocenters. The van der Waals surface area contributed by atoms with Crippen LogP contribution in [0.5, 0.6) is 0 Å². The molecule has 5 heteroatoms. The minimum atomic E-state index is -0.138. The molecule has 1 amide bonds. The Bertz CT molecular complexity index is 591. The Labute approximate surface area is 158 Å². The molecule has 2 fully saturated rings. The monoisotopic (exact) mass is 360 g/mol. The van der Waals surface area contributed by atoms with Gasteiger partial charge in [-0.2, -0.15) is 5.10 Å². The van der Waals surface area contributed by atoms with E-state index in [0.717, 1.165) is 56.6 Å². The average molecular weight is 361 g/mol. The first-order valence-corrected chi connectivity index (χ1v) is 10.7. The first-order chi connectivity index (χ1) is 12.6. The summed E-state index contributed by atoms with van der Waals surface area (Å²) in [6.07, 6.45) is 9.23. The number of hydrogen-bond acceptors (Lipinski definition) is 3. The number of nitrogens with zero attached hydrogens (tertiary/aromatic N) is 4. The van der Waals surface area contributed by atoms with Crippen LogP contribution in [-0.2, 0) is 4.79 Å². The topological polar surface area (TPSA) is 41.4 Å². The number of likely N-dealkylation sites (tertiary alicyclic amines) is 2. The molecule has 26 heavy (non-hydrogen) atoms. The van der Waals surface area contributed by atoms with Crippen molar-refractivity contribution >= 4 is 5.91 Å². The molecule has 0 radical (unpaired) electrons. The summed E-state index contributed by atoms with van der Waals surface area (Å²) in [6.45, 7) is 10.8.